The predicted molar refractivity (Wildman–Crippen MR) is 133 cm³/mol. The van der Waals surface area contributed by atoms with Crippen molar-refractivity contribution in [3.63, 3.8) is 0 Å². The van der Waals surface area contributed by atoms with E-state index in [-0.39, 0.29) is 17.5 Å². The molecule has 0 aliphatic rings. The summed E-state index contributed by atoms with van der Waals surface area (Å²) in [5.74, 6) is -0.522. The zero-order valence-corrected chi connectivity index (χ0v) is 21.0. The van der Waals surface area contributed by atoms with Crippen LogP contribution in [0.2, 0.25) is 0 Å². The van der Waals surface area contributed by atoms with Crippen molar-refractivity contribution in [1.82, 2.24) is 45.8 Å². The number of nitrogens with one attached hydrogen (secondary N) is 2. The summed E-state index contributed by atoms with van der Waals surface area (Å²) in [5, 5.41) is 23.0. The number of hydrogen-bond acceptors (Lipinski definition) is 9. The maximum absolute atomic E-state index is 12.3. The Morgan fingerprint density at radius 2 is 1.53 bits per heavy atom. The topological polar surface area (TPSA) is 140 Å². The second kappa shape index (κ2) is 12.1. The first-order valence-corrected chi connectivity index (χ1v) is 12.4. The highest BCUT2D eigenvalue weighted by Crippen LogP contribution is 2.13. The van der Waals surface area contributed by atoms with Crippen molar-refractivity contribution >= 4 is 23.2 Å². The van der Waals surface area contributed by atoms with E-state index in [2.05, 4.69) is 41.1 Å². The Labute approximate surface area is 212 Å². The summed E-state index contributed by atoms with van der Waals surface area (Å²) in [6.07, 6.45) is 7.49. The van der Waals surface area contributed by atoms with Crippen molar-refractivity contribution in [2.24, 2.45) is 0 Å². The van der Waals surface area contributed by atoms with Gasteiger partial charge in [0.2, 0.25) is 5.01 Å². The highest BCUT2D eigenvalue weighted by molar-refractivity contribution is 7.13. The SMILES string of the molecule is Cc1ccc(CNC(=O)c2cn(CCCCc3nnc(C(=O)NCc4ccc(C)nc4)s3)nn2)cn1. The van der Waals surface area contributed by atoms with Gasteiger partial charge in [-0.1, -0.05) is 28.7 Å². The number of hydrogen-bond donors (Lipinski definition) is 2. The molecular formula is C24H27N9O2S. The summed E-state index contributed by atoms with van der Waals surface area (Å²) in [7, 11) is 0. The Balaban J connectivity index is 1.16. The number of nitrogens with zero attached hydrogens (tertiary/aromatic N) is 7. The van der Waals surface area contributed by atoms with Gasteiger partial charge in [-0.3, -0.25) is 24.2 Å². The van der Waals surface area contributed by atoms with E-state index in [0.717, 1.165) is 40.4 Å². The normalized spacial score (nSPS) is 10.8. The number of aromatic nitrogens is 7. The fraction of sp³-hybridized carbons (Fsp3) is 0.333. The zero-order valence-electron chi connectivity index (χ0n) is 20.1. The lowest BCUT2D eigenvalue weighted by Gasteiger charge is -2.03. The van der Waals surface area contributed by atoms with Crippen LogP contribution in [0.15, 0.2) is 42.9 Å². The number of unbranched alkanes of at least 4 members (excludes halogenated alkanes) is 1. The molecule has 4 rings (SSSR count). The van der Waals surface area contributed by atoms with E-state index < -0.39 is 0 Å². The van der Waals surface area contributed by atoms with Crippen molar-refractivity contribution in [1.29, 1.82) is 0 Å². The van der Waals surface area contributed by atoms with Crippen molar-refractivity contribution in [3.8, 4) is 0 Å². The molecule has 2 N–H and O–H groups in total. The number of carbonyl (C=O) groups excluding carboxylic acids is 2. The van der Waals surface area contributed by atoms with Crippen LogP contribution in [0.25, 0.3) is 0 Å². The van der Waals surface area contributed by atoms with Gasteiger partial charge in [0, 0.05) is 49.8 Å². The number of carbonyl (C=O) groups is 2. The number of amides is 2. The van der Waals surface area contributed by atoms with Gasteiger partial charge in [0.25, 0.3) is 11.8 Å². The Morgan fingerprint density at radius 3 is 2.17 bits per heavy atom. The molecule has 2 amide bonds. The molecule has 0 atom stereocenters. The van der Waals surface area contributed by atoms with E-state index >= 15 is 0 Å². The van der Waals surface area contributed by atoms with Crippen LogP contribution in [0.5, 0.6) is 0 Å². The molecule has 0 bridgehead atoms. The third-order valence-electron chi connectivity index (χ3n) is 5.31. The quantitative estimate of drug-likeness (QED) is 0.296. The molecule has 0 saturated carbocycles. The largest absolute Gasteiger partial charge is 0.346 e. The van der Waals surface area contributed by atoms with Crippen LogP contribution in [-0.4, -0.2) is 47.0 Å². The molecule has 0 aliphatic carbocycles. The van der Waals surface area contributed by atoms with Crippen molar-refractivity contribution < 1.29 is 9.59 Å². The van der Waals surface area contributed by atoms with E-state index in [1.165, 1.54) is 11.3 Å². The molecule has 11 nitrogen and oxygen atoms in total. The third kappa shape index (κ3) is 7.22. The molecule has 4 aromatic rings. The Morgan fingerprint density at radius 1 is 0.861 bits per heavy atom. The highest BCUT2D eigenvalue weighted by Gasteiger charge is 2.13. The molecule has 0 unspecified atom stereocenters. The molecule has 0 aliphatic heterocycles. The van der Waals surface area contributed by atoms with Crippen LogP contribution in [0, 0.1) is 13.8 Å². The first-order valence-electron chi connectivity index (χ1n) is 11.6. The molecule has 0 fully saturated rings. The number of pyridine rings is 2. The number of aryl methyl sites for hydroxylation is 4. The third-order valence-corrected chi connectivity index (χ3v) is 6.29. The van der Waals surface area contributed by atoms with Gasteiger partial charge in [0.05, 0.1) is 6.20 Å². The molecule has 0 saturated heterocycles. The van der Waals surface area contributed by atoms with Crippen LogP contribution < -0.4 is 10.6 Å². The van der Waals surface area contributed by atoms with Gasteiger partial charge < -0.3 is 10.6 Å². The molecule has 36 heavy (non-hydrogen) atoms. The molecule has 4 heterocycles. The Kier molecular flexibility index (Phi) is 8.40. The first kappa shape index (κ1) is 25.0. The minimum Gasteiger partial charge on any atom is -0.346 e. The van der Waals surface area contributed by atoms with Gasteiger partial charge in [-0.05, 0) is 49.9 Å². The van der Waals surface area contributed by atoms with Crippen LogP contribution in [0.3, 0.4) is 0 Å². The monoisotopic (exact) mass is 505 g/mol. The lowest BCUT2D eigenvalue weighted by atomic mass is 10.2. The summed E-state index contributed by atoms with van der Waals surface area (Å²) in [6, 6.07) is 7.67. The maximum Gasteiger partial charge on any atom is 0.282 e. The Hall–Kier alpha value is -4.06. The van der Waals surface area contributed by atoms with Gasteiger partial charge in [-0.25, -0.2) is 0 Å². The lowest BCUT2D eigenvalue weighted by Crippen LogP contribution is -2.23. The Bertz CT molecular complexity index is 1200. The van der Waals surface area contributed by atoms with E-state index in [0.29, 0.717) is 31.1 Å². The fourth-order valence-electron chi connectivity index (χ4n) is 3.25. The van der Waals surface area contributed by atoms with E-state index in [4.69, 9.17) is 0 Å². The summed E-state index contributed by atoms with van der Waals surface area (Å²) in [5.41, 5.74) is 3.98. The average molecular weight is 506 g/mol. The zero-order chi connectivity index (χ0) is 25.3. The molecular weight excluding hydrogens is 478 g/mol. The fourth-order valence-corrected chi connectivity index (χ4v) is 4.04. The molecule has 186 valence electrons. The van der Waals surface area contributed by atoms with Crippen molar-refractivity contribution in [2.45, 2.75) is 52.7 Å². The second-order valence-corrected chi connectivity index (χ2v) is 9.37. The maximum atomic E-state index is 12.3. The predicted octanol–water partition coefficient (Wildman–Crippen LogP) is 2.42. The van der Waals surface area contributed by atoms with Crippen LogP contribution in [0.1, 0.15) is 60.7 Å². The van der Waals surface area contributed by atoms with E-state index in [9.17, 15) is 9.59 Å². The van der Waals surface area contributed by atoms with Gasteiger partial charge in [0.1, 0.15) is 5.01 Å². The summed E-state index contributed by atoms with van der Waals surface area (Å²) in [6.45, 7) is 5.22. The van der Waals surface area contributed by atoms with Gasteiger partial charge in [0.15, 0.2) is 5.69 Å². The molecule has 0 spiro atoms. The summed E-state index contributed by atoms with van der Waals surface area (Å²) >= 11 is 1.30. The van der Waals surface area contributed by atoms with E-state index in [1.54, 1.807) is 23.3 Å². The smallest absolute Gasteiger partial charge is 0.282 e. The summed E-state index contributed by atoms with van der Waals surface area (Å²) < 4.78 is 1.65. The average Bonchev–Trinajstić information content (AvgIpc) is 3.56. The van der Waals surface area contributed by atoms with Crippen LogP contribution in [-0.2, 0) is 26.1 Å². The molecule has 0 aromatic carbocycles. The summed E-state index contributed by atoms with van der Waals surface area (Å²) in [4.78, 5) is 33.1. The minimum absolute atomic E-state index is 0.244. The van der Waals surface area contributed by atoms with Crippen molar-refractivity contribution in [3.05, 3.63) is 81.1 Å². The first-order chi connectivity index (χ1) is 17.5. The molecule has 0 radical (unpaired) electrons. The van der Waals surface area contributed by atoms with Crippen molar-refractivity contribution in [2.75, 3.05) is 0 Å². The standard InChI is InChI=1S/C24H27N9O2S/c1-16-6-8-18(11-25-16)13-27-22(34)20-15-33(32-29-20)10-4-3-5-21-30-31-24(36-21)23(35)28-14-19-9-7-17(2)26-12-19/h6-9,11-12,15H,3-5,10,13-14H2,1-2H3,(H,27,34)(H,28,35). The molecule has 12 heteroatoms. The van der Waals surface area contributed by atoms with Gasteiger partial charge in [-0.2, -0.15) is 0 Å². The van der Waals surface area contributed by atoms with Crippen LogP contribution in [0.4, 0.5) is 0 Å². The molecule has 4 aromatic heterocycles. The van der Waals surface area contributed by atoms with E-state index in [1.807, 2.05) is 38.1 Å². The minimum atomic E-state index is -0.278. The lowest BCUT2D eigenvalue weighted by molar-refractivity contribution is 0.0939. The van der Waals surface area contributed by atoms with Crippen LogP contribution >= 0.6 is 11.3 Å². The second-order valence-electron chi connectivity index (χ2n) is 8.31. The van der Waals surface area contributed by atoms with Gasteiger partial charge in [-0.15, -0.1) is 15.3 Å². The highest BCUT2D eigenvalue weighted by atomic mass is 32.1. The number of rotatable bonds is 11. The van der Waals surface area contributed by atoms with Gasteiger partial charge >= 0.3 is 0 Å².